The molecule has 3 N–H and O–H groups in total. The van der Waals surface area contributed by atoms with Crippen LogP contribution < -0.4 is 11.1 Å². The summed E-state index contributed by atoms with van der Waals surface area (Å²) in [6.45, 7) is 2.44. The first-order valence-corrected chi connectivity index (χ1v) is 6.92. The van der Waals surface area contributed by atoms with Crippen LogP contribution in [0.25, 0.3) is 0 Å². The van der Waals surface area contributed by atoms with Crippen molar-refractivity contribution in [3.05, 3.63) is 39.4 Å². The van der Waals surface area contributed by atoms with Crippen molar-refractivity contribution in [2.75, 3.05) is 6.61 Å². The molecule has 7 nitrogen and oxygen atoms in total. The maximum absolute atomic E-state index is 12.3. The topological polar surface area (TPSA) is 107 Å². The molecule has 4 atom stereocenters. The van der Waals surface area contributed by atoms with Crippen molar-refractivity contribution < 1.29 is 14.5 Å². The number of benzene rings is 1. The fraction of sp³-hybridized carbons (Fsp3) is 0.500. The SMILES string of the molecule is Cc1ccc([N+](=O)[O-])c(C(=O)NC2C(N)C3CCOC32)c1. The van der Waals surface area contributed by atoms with E-state index in [9.17, 15) is 14.9 Å². The van der Waals surface area contributed by atoms with Crippen LogP contribution in [0.3, 0.4) is 0 Å². The molecule has 2 aliphatic rings. The highest BCUT2D eigenvalue weighted by Crippen LogP contribution is 2.38. The first-order chi connectivity index (χ1) is 9.99. The molecular formula is C14H17N3O4. The summed E-state index contributed by atoms with van der Waals surface area (Å²) in [6, 6.07) is 4.06. The summed E-state index contributed by atoms with van der Waals surface area (Å²) < 4.78 is 5.54. The Kier molecular flexibility index (Phi) is 3.38. The molecule has 1 heterocycles. The van der Waals surface area contributed by atoms with E-state index in [0.717, 1.165) is 12.0 Å². The molecule has 7 heteroatoms. The smallest absolute Gasteiger partial charge is 0.282 e. The van der Waals surface area contributed by atoms with Gasteiger partial charge in [-0.2, -0.15) is 0 Å². The van der Waals surface area contributed by atoms with Crippen molar-refractivity contribution in [3.8, 4) is 0 Å². The van der Waals surface area contributed by atoms with Gasteiger partial charge in [-0.05, 0) is 25.0 Å². The number of amides is 1. The molecular weight excluding hydrogens is 274 g/mol. The lowest BCUT2D eigenvalue weighted by molar-refractivity contribution is -0.385. The van der Waals surface area contributed by atoms with Crippen molar-refractivity contribution in [3.63, 3.8) is 0 Å². The number of carbonyl (C=O) groups excluding carboxylic acids is 1. The van der Waals surface area contributed by atoms with Gasteiger partial charge in [0.15, 0.2) is 0 Å². The first-order valence-electron chi connectivity index (χ1n) is 6.92. The molecule has 1 saturated carbocycles. The Balaban J connectivity index is 1.80. The van der Waals surface area contributed by atoms with Gasteiger partial charge in [0.1, 0.15) is 5.56 Å². The number of nitro groups is 1. The van der Waals surface area contributed by atoms with Gasteiger partial charge in [0.05, 0.1) is 17.1 Å². The number of carbonyl (C=O) groups is 1. The number of fused-ring (bicyclic) bond motifs is 1. The third-order valence-corrected chi connectivity index (χ3v) is 4.34. The van der Waals surface area contributed by atoms with Gasteiger partial charge in [0.2, 0.25) is 0 Å². The predicted octanol–water partition coefficient (Wildman–Crippen LogP) is 0.748. The Bertz CT molecular complexity index is 604. The van der Waals surface area contributed by atoms with Gasteiger partial charge < -0.3 is 15.8 Å². The lowest BCUT2D eigenvalue weighted by atomic mass is 9.72. The number of nitro benzene ring substituents is 1. The normalized spacial score (nSPS) is 30.4. The zero-order valence-electron chi connectivity index (χ0n) is 11.6. The van der Waals surface area contributed by atoms with E-state index in [2.05, 4.69) is 5.32 Å². The highest BCUT2D eigenvalue weighted by atomic mass is 16.6. The van der Waals surface area contributed by atoms with Crippen molar-refractivity contribution in [2.45, 2.75) is 31.5 Å². The van der Waals surface area contributed by atoms with Crippen molar-refractivity contribution in [2.24, 2.45) is 11.7 Å². The van der Waals surface area contributed by atoms with Crippen LogP contribution in [0.5, 0.6) is 0 Å². The summed E-state index contributed by atoms with van der Waals surface area (Å²) in [6.07, 6.45) is 0.843. The molecule has 1 amide bonds. The highest BCUT2D eigenvalue weighted by molar-refractivity contribution is 5.98. The molecule has 2 fully saturated rings. The summed E-state index contributed by atoms with van der Waals surface area (Å²) in [7, 11) is 0. The van der Waals surface area contributed by atoms with E-state index in [1.54, 1.807) is 13.0 Å². The third-order valence-electron chi connectivity index (χ3n) is 4.34. The summed E-state index contributed by atoms with van der Waals surface area (Å²) >= 11 is 0. The molecule has 1 aliphatic carbocycles. The van der Waals surface area contributed by atoms with Crippen molar-refractivity contribution >= 4 is 11.6 Å². The average Bonchev–Trinajstić information content (AvgIpc) is 2.88. The first kappa shape index (κ1) is 14.0. The van der Waals surface area contributed by atoms with Gasteiger partial charge in [-0.25, -0.2) is 0 Å². The number of ether oxygens (including phenoxy) is 1. The number of rotatable bonds is 3. The van der Waals surface area contributed by atoms with Crippen molar-refractivity contribution in [1.29, 1.82) is 0 Å². The van der Waals surface area contributed by atoms with Crippen LogP contribution in [0.2, 0.25) is 0 Å². The Morgan fingerprint density at radius 1 is 1.52 bits per heavy atom. The summed E-state index contributed by atoms with van der Waals surface area (Å²) in [4.78, 5) is 22.8. The number of nitrogens with two attached hydrogens (primary N) is 1. The second kappa shape index (κ2) is 5.09. The number of hydrogen-bond acceptors (Lipinski definition) is 5. The Hall–Kier alpha value is -1.99. The number of nitrogens with one attached hydrogen (secondary N) is 1. The number of nitrogens with zero attached hydrogens (tertiary/aromatic N) is 1. The van der Waals surface area contributed by atoms with Gasteiger partial charge in [-0.1, -0.05) is 6.07 Å². The van der Waals surface area contributed by atoms with Crippen molar-refractivity contribution in [1.82, 2.24) is 5.32 Å². The standard InChI is InChI=1S/C14H17N3O4/c1-7-2-3-10(17(19)20)9(6-7)14(18)16-12-11(15)8-4-5-21-13(8)12/h2-3,6,8,11-13H,4-5,15H2,1H3,(H,16,18). The van der Waals surface area contributed by atoms with Crippen LogP contribution in [0.4, 0.5) is 5.69 Å². The molecule has 21 heavy (non-hydrogen) atoms. The largest absolute Gasteiger partial charge is 0.376 e. The van der Waals surface area contributed by atoms with E-state index >= 15 is 0 Å². The average molecular weight is 291 g/mol. The Labute approximate surface area is 121 Å². The molecule has 112 valence electrons. The molecule has 1 aromatic rings. The third kappa shape index (κ3) is 2.28. The van der Waals surface area contributed by atoms with Gasteiger partial charge >= 0.3 is 0 Å². The zero-order chi connectivity index (χ0) is 15.1. The molecule has 4 unspecified atom stereocenters. The fourth-order valence-electron chi connectivity index (χ4n) is 3.15. The van der Waals surface area contributed by atoms with E-state index < -0.39 is 10.8 Å². The highest BCUT2D eigenvalue weighted by Gasteiger charge is 2.52. The van der Waals surface area contributed by atoms with Crippen LogP contribution in [-0.4, -0.2) is 35.6 Å². The molecule has 0 bridgehead atoms. The van der Waals surface area contributed by atoms with E-state index in [0.29, 0.717) is 6.61 Å². The molecule has 1 saturated heterocycles. The molecule has 1 aliphatic heterocycles. The second-order valence-electron chi connectivity index (χ2n) is 5.64. The molecule has 0 aromatic heterocycles. The minimum Gasteiger partial charge on any atom is -0.376 e. The Morgan fingerprint density at radius 3 is 3.00 bits per heavy atom. The number of aryl methyl sites for hydroxylation is 1. The predicted molar refractivity (Wildman–Crippen MR) is 74.9 cm³/mol. The lowest BCUT2D eigenvalue weighted by Crippen LogP contribution is -2.68. The van der Waals surface area contributed by atoms with Crippen LogP contribution in [0.1, 0.15) is 22.3 Å². The maximum atomic E-state index is 12.3. The summed E-state index contributed by atoms with van der Waals surface area (Å²) in [5.74, 6) is -0.192. The fourth-order valence-corrected chi connectivity index (χ4v) is 3.15. The summed E-state index contributed by atoms with van der Waals surface area (Å²) in [5, 5.41) is 13.8. The summed E-state index contributed by atoms with van der Waals surface area (Å²) in [5.41, 5.74) is 6.69. The quantitative estimate of drug-likeness (QED) is 0.631. The second-order valence-corrected chi connectivity index (χ2v) is 5.64. The Morgan fingerprint density at radius 2 is 2.29 bits per heavy atom. The van der Waals surface area contributed by atoms with E-state index in [1.807, 2.05) is 0 Å². The van der Waals surface area contributed by atoms with Gasteiger partial charge in [0.25, 0.3) is 11.6 Å². The van der Waals surface area contributed by atoms with E-state index in [-0.39, 0.29) is 35.4 Å². The van der Waals surface area contributed by atoms with Crippen LogP contribution >= 0.6 is 0 Å². The maximum Gasteiger partial charge on any atom is 0.282 e. The molecule has 3 rings (SSSR count). The van der Waals surface area contributed by atoms with Gasteiger partial charge in [-0.3, -0.25) is 14.9 Å². The molecule has 0 spiro atoms. The lowest BCUT2D eigenvalue weighted by Gasteiger charge is -2.45. The van der Waals surface area contributed by atoms with Crippen LogP contribution in [0.15, 0.2) is 18.2 Å². The molecule has 0 radical (unpaired) electrons. The minimum atomic E-state index is -0.552. The monoisotopic (exact) mass is 291 g/mol. The van der Waals surface area contributed by atoms with Crippen LogP contribution in [0, 0.1) is 23.0 Å². The van der Waals surface area contributed by atoms with Crippen LogP contribution in [-0.2, 0) is 4.74 Å². The number of hydrogen-bond donors (Lipinski definition) is 2. The van der Waals surface area contributed by atoms with E-state index in [1.165, 1.54) is 12.1 Å². The van der Waals surface area contributed by atoms with E-state index in [4.69, 9.17) is 10.5 Å². The molecule has 1 aromatic carbocycles. The van der Waals surface area contributed by atoms with Gasteiger partial charge in [0, 0.05) is 24.6 Å². The van der Waals surface area contributed by atoms with Gasteiger partial charge in [-0.15, -0.1) is 0 Å². The minimum absolute atomic E-state index is 0.0622. The zero-order valence-corrected chi connectivity index (χ0v) is 11.6.